The Bertz CT molecular complexity index is 471. The Morgan fingerprint density at radius 1 is 1.37 bits per heavy atom. The quantitative estimate of drug-likeness (QED) is 0.884. The molecule has 1 N–H and O–H groups in total. The number of rotatable bonds is 4. The molecule has 2 aliphatic rings. The van der Waals surface area contributed by atoms with Crippen molar-refractivity contribution in [1.82, 2.24) is 15.3 Å². The second-order valence-corrected chi connectivity index (χ2v) is 5.38. The van der Waals surface area contributed by atoms with Gasteiger partial charge in [-0.2, -0.15) is 5.26 Å². The van der Waals surface area contributed by atoms with Crippen LogP contribution in [-0.2, 0) is 0 Å². The fraction of sp³-hybridized carbons (Fsp3) is 0.643. The van der Waals surface area contributed by atoms with E-state index in [1.54, 1.807) is 12.3 Å². The van der Waals surface area contributed by atoms with E-state index in [-0.39, 0.29) is 0 Å². The Balaban J connectivity index is 1.74. The molecule has 1 aromatic rings. The first kappa shape index (κ1) is 12.4. The molecule has 5 nitrogen and oxygen atoms in total. The van der Waals surface area contributed by atoms with Gasteiger partial charge in [0.25, 0.3) is 0 Å². The van der Waals surface area contributed by atoms with Gasteiger partial charge in [0.05, 0.1) is 0 Å². The third-order valence-corrected chi connectivity index (χ3v) is 3.83. The van der Waals surface area contributed by atoms with E-state index in [4.69, 9.17) is 5.26 Å². The van der Waals surface area contributed by atoms with Crippen molar-refractivity contribution in [2.75, 3.05) is 18.0 Å². The lowest BCUT2D eigenvalue weighted by molar-refractivity contribution is 0.397. The number of nitriles is 1. The van der Waals surface area contributed by atoms with E-state index in [1.807, 2.05) is 0 Å². The van der Waals surface area contributed by atoms with Crippen molar-refractivity contribution in [3.05, 3.63) is 18.0 Å². The summed E-state index contributed by atoms with van der Waals surface area (Å²) in [4.78, 5) is 11.0. The van der Waals surface area contributed by atoms with Crippen molar-refractivity contribution in [3.8, 4) is 6.07 Å². The molecule has 0 radical (unpaired) electrons. The van der Waals surface area contributed by atoms with Gasteiger partial charge < -0.3 is 10.2 Å². The molecule has 1 atom stereocenters. The van der Waals surface area contributed by atoms with Crippen LogP contribution >= 0.6 is 0 Å². The van der Waals surface area contributed by atoms with Gasteiger partial charge in [-0.25, -0.2) is 9.97 Å². The predicted octanol–water partition coefficient (Wildman–Crippen LogP) is 1.46. The van der Waals surface area contributed by atoms with Crippen LogP contribution in [0.4, 0.5) is 5.95 Å². The molecule has 19 heavy (non-hydrogen) atoms. The molecular weight excluding hydrogens is 238 g/mol. The van der Waals surface area contributed by atoms with Crippen molar-refractivity contribution in [2.45, 2.75) is 44.2 Å². The first-order valence-electron chi connectivity index (χ1n) is 7.10. The summed E-state index contributed by atoms with van der Waals surface area (Å²) in [6, 6.07) is 4.85. The van der Waals surface area contributed by atoms with Crippen LogP contribution in [0.3, 0.4) is 0 Å². The van der Waals surface area contributed by atoms with Crippen molar-refractivity contribution in [3.63, 3.8) is 0 Å². The average Bonchev–Trinajstić information content (AvgIpc) is 3.30. The van der Waals surface area contributed by atoms with Crippen LogP contribution < -0.4 is 10.2 Å². The van der Waals surface area contributed by atoms with E-state index in [9.17, 15) is 0 Å². The highest BCUT2D eigenvalue weighted by Gasteiger charge is 2.32. The summed E-state index contributed by atoms with van der Waals surface area (Å²) in [5, 5.41) is 12.5. The standard InChI is InChI=1S/C14H19N5/c15-9-11-6-8-17-14(18-11)19(13-4-5-13)10-12-3-1-2-7-16-12/h6,8,12-13,16H,1-5,7,10H2. The summed E-state index contributed by atoms with van der Waals surface area (Å²) in [6.07, 6.45) is 7.92. The zero-order chi connectivity index (χ0) is 13.1. The molecule has 5 heteroatoms. The van der Waals surface area contributed by atoms with Crippen LogP contribution in [0.15, 0.2) is 12.3 Å². The second-order valence-electron chi connectivity index (χ2n) is 5.38. The summed E-state index contributed by atoms with van der Waals surface area (Å²) in [7, 11) is 0. The topological polar surface area (TPSA) is 64.8 Å². The molecule has 1 aromatic heterocycles. The van der Waals surface area contributed by atoms with Gasteiger partial charge in [-0.3, -0.25) is 0 Å². The summed E-state index contributed by atoms with van der Waals surface area (Å²) in [6.45, 7) is 2.07. The SMILES string of the molecule is N#Cc1ccnc(N(CC2CCCCN2)C2CC2)n1. The number of anilines is 1. The van der Waals surface area contributed by atoms with Crippen molar-refractivity contribution >= 4 is 5.95 Å². The lowest BCUT2D eigenvalue weighted by atomic mass is 10.0. The van der Waals surface area contributed by atoms with Crippen LogP contribution in [0, 0.1) is 11.3 Å². The Morgan fingerprint density at radius 2 is 2.26 bits per heavy atom. The van der Waals surface area contributed by atoms with E-state index in [2.05, 4.69) is 26.3 Å². The van der Waals surface area contributed by atoms with Crippen molar-refractivity contribution in [1.29, 1.82) is 5.26 Å². The van der Waals surface area contributed by atoms with E-state index in [0.717, 1.165) is 13.1 Å². The summed E-state index contributed by atoms with van der Waals surface area (Å²) >= 11 is 0. The van der Waals surface area contributed by atoms with Crippen LogP contribution in [0.25, 0.3) is 0 Å². The molecule has 1 unspecified atom stereocenters. The Hall–Kier alpha value is -1.67. The number of nitrogens with zero attached hydrogens (tertiary/aromatic N) is 4. The predicted molar refractivity (Wildman–Crippen MR) is 72.8 cm³/mol. The maximum atomic E-state index is 8.95. The van der Waals surface area contributed by atoms with Crippen LogP contribution in [0.5, 0.6) is 0 Å². The molecule has 1 aliphatic heterocycles. The van der Waals surface area contributed by atoms with Gasteiger partial charge >= 0.3 is 0 Å². The highest BCUT2D eigenvalue weighted by molar-refractivity contribution is 5.37. The third kappa shape index (κ3) is 3.02. The maximum Gasteiger partial charge on any atom is 0.226 e. The maximum absolute atomic E-state index is 8.95. The molecular formula is C14H19N5. The number of hydrogen-bond donors (Lipinski definition) is 1. The first-order chi connectivity index (χ1) is 9.36. The van der Waals surface area contributed by atoms with Crippen molar-refractivity contribution < 1.29 is 0 Å². The number of hydrogen-bond acceptors (Lipinski definition) is 5. The van der Waals surface area contributed by atoms with Gasteiger partial charge in [0.1, 0.15) is 11.8 Å². The monoisotopic (exact) mass is 257 g/mol. The highest BCUT2D eigenvalue weighted by Crippen LogP contribution is 2.30. The van der Waals surface area contributed by atoms with Gasteiger partial charge in [0.2, 0.25) is 5.95 Å². The first-order valence-corrected chi connectivity index (χ1v) is 7.10. The van der Waals surface area contributed by atoms with Gasteiger partial charge in [0.15, 0.2) is 0 Å². The highest BCUT2D eigenvalue weighted by atomic mass is 15.3. The normalized spacial score (nSPS) is 22.8. The smallest absolute Gasteiger partial charge is 0.226 e. The molecule has 0 bridgehead atoms. The van der Waals surface area contributed by atoms with Gasteiger partial charge in [-0.15, -0.1) is 0 Å². The minimum Gasteiger partial charge on any atom is -0.336 e. The molecule has 0 aromatic carbocycles. The minimum atomic E-state index is 0.451. The zero-order valence-electron chi connectivity index (χ0n) is 11.0. The second kappa shape index (κ2) is 5.54. The molecule has 100 valence electrons. The molecule has 2 fully saturated rings. The molecule has 1 aliphatic carbocycles. The molecule has 0 amide bonds. The Kier molecular flexibility index (Phi) is 3.60. The molecule has 2 heterocycles. The molecule has 0 spiro atoms. The van der Waals surface area contributed by atoms with Crippen LogP contribution in [0.2, 0.25) is 0 Å². The van der Waals surface area contributed by atoms with Gasteiger partial charge in [0, 0.05) is 24.8 Å². The number of nitrogens with one attached hydrogen (secondary N) is 1. The number of piperidine rings is 1. The Morgan fingerprint density at radius 3 is 2.95 bits per heavy atom. The fourth-order valence-corrected chi connectivity index (χ4v) is 2.65. The van der Waals surface area contributed by atoms with E-state index >= 15 is 0 Å². The van der Waals surface area contributed by atoms with Gasteiger partial charge in [-0.05, 0) is 38.3 Å². The fourth-order valence-electron chi connectivity index (χ4n) is 2.65. The molecule has 3 rings (SSSR count). The van der Waals surface area contributed by atoms with E-state index in [1.165, 1.54) is 32.1 Å². The summed E-state index contributed by atoms with van der Waals surface area (Å²) < 4.78 is 0. The molecule has 1 saturated carbocycles. The largest absolute Gasteiger partial charge is 0.336 e. The van der Waals surface area contributed by atoms with E-state index in [0.29, 0.717) is 23.7 Å². The third-order valence-electron chi connectivity index (χ3n) is 3.83. The lowest BCUT2D eigenvalue weighted by Crippen LogP contribution is -2.45. The Labute approximate surface area is 113 Å². The van der Waals surface area contributed by atoms with Gasteiger partial charge in [-0.1, -0.05) is 6.42 Å². The van der Waals surface area contributed by atoms with Crippen LogP contribution in [0.1, 0.15) is 37.8 Å². The zero-order valence-corrected chi connectivity index (χ0v) is 11.0. The van der Waals surface area contributed by atoms with Crippen LogP contribution in [-0.4, -0.2) is 35.1 Å². The summed E-state index contributed by atoms with van der Waals surface area (Å²) in [5.74, 6) is 0.717. The summed E-state index contributed by atoms with van der Waals surface area (Å²) in [5.41, 5.74) is 0.451. The minimum absolute atomic E-state index is 0.451. The van der Waals surface area contributed by atoms with Crippen molar-refractivity contribution in [2.24, 2.45) is 0 Å². The molecule has 1 saturated heterocycles. The average molecular weight is 257 g/mol. The van der Waals surface area contributed by atoms with E-state index < -0.39 is 0 Å². The lowest BCUT2D eigenvalue weighted by Gasteiger charge is -2.30. The number of aromatic nitrogens is 2.